The average molecular weight is 440 g/mol. The summed E-state index contributed by atoms with van der Waals surface area (Å²) in [6.45, 7) is 5.21. The predicted octanol–water partition coefficient (Wildman–Crippen LogP) is 2.54. The third kappa shape index (κ3) is 4.16. The molecule has 3 heterocycles. The minimum atomic E-state index is -0.524. The number of halogens is 1. The summed E-state index contributed by atoms with van der Waals surface area (Å²) in [5.41, 5.74) is 2.45. The standard InChI is InChI=1S/C24H30FN5O2/c1-32-22-6-5-17(15-20(22)25)23(31)29-9-7-18-16-26-24(27-21(18)8-10-29)30-13-11-28(12-14-30)19-3-2-4-19/h5-6,15-16,19H,2-4,7-14H2,1H3. The van der Waals surface area contributed by atoms with Gasteiger partial charge in [-0.05, 0) is 43.0 Å². The van der Waals surface area contributed by atoms with Gasteiger partial charge in [0.25, 0.3) is 5.91 Å². The summed E-state index contributed by atoms with van der Waals surface area (Å²) < 4.78 is 19.0. The Hall–Kier alpha value is -2.74. The molecule has 0 spiro atoms. The summed E-state index contributed by atoms with van der Waals surface area (Å²) in [5.74, 6) is 0.249. The molecule has 0 unspecified atom stereocenters. The number of methoxy groups -OCH3 is 1. The molecular weight excluding hydrogens is 409 g/mol. The maximum atomic E-state index is 14.1. The van der Waals surface area contributed by atoms with Gasteiger partial charge in [0.2, 0.25) is 5.95 Å². The molecule has 170 valence electrons. The minimum absolute atomic E-state index is 0.140. The van der Waals surface area contributed by atoms with Gasteiger partial charge < -0.3 is 14.5 Å². The lowest BCUT2D eigenvalue weighted by Crippen LogP contribution is -2.52. The van der Waals surface area contributed by atoms with E-state index in [2.05, 4.69) is 14.8 Å². The van der Waals surface area contributed by atoms with Crippen LogP contribution in [0.2, 0.25) is 0 Å². The number of hydrogen-bond donors (Lipinski definition) is 0. The number of rotatable bonds is 4. The van der Waals surface area contributed by atoms with E-state index in [9.17, 15) is 9.18 Å². The number of anilines is 1. The molecule has 1 aliphatic carbocycles. The summed E-state index contributed by atoms with van der Waals surface area (Å²) in [6.07, 6.45) is 7.36. The first-order valence-electron chi connectivity index (χ1n) is 11.6. The summed E-state index contributed by atoms with van der Waals surface area (Å²) in [5, 5.41) is 0. The Morgan fingerprint density at radius 1 is 1.09 bits per heavy atom. The summed E-state index contributed by atoms with van der Waals surface area (Å²) in [7, 11) is 1.41. The number of nitrogens with zero attached hydrogens (tertiary/aromatic N) is 5. The lowest BCUT2D eigenvalue weighted by molar-refractivity contribution is 0.0762. The van der Waals surface area contributed by atoms with Crippen molar-refractivity contribution in [3.8, 4) is 5.75 Å². The van der Waals surface area contributed by atoms with Crippen LogP contribution in [0.3, 0.4) is 0 Å². The number of carbonyl (C=O) groups excluding carboxylic acids is 1. The van der Waals surface area contributed by atoms with Crippen molar-refractivity contribution in [2.45, 2.75) is 38.1 Å². The molecule has 7 nitrogen and oxygen atoms in total. The molecule has 2 fully saturated rings. The van der Waals surface area contributed by atoms with Crippen LogP contribution in [0.25, 0.3) is 0 Å². The van der Waals surface area contributed by atoms with E-state index in [4.69, 9.17) is 9.72 Å². The van der Waals surface area contributed by atoms with E-state index < -0.39 is 5.82 Å². The normalized spacial score (nSPS) is 19.8. The third-order valence-corrected chi connectivity index (χ3v) is 7.09. The smallest absolute Gasteiger partial charge is 0.253 e. The molecule has 5 rings (SSSR count). The second-order valence-electron chi connectivity index (χ2n) is 8.89. The summed E-state index contributed by atoms with van der Waals surface area (Å²) in [4.78, 5) is 29.2. The zero-order valence-electron chi connectivity index (χ0n) is 18.6. The van der Waals surface area contributed by atoms with Crippen molar-refractivity contribution in [1.82, 2.24) is 19.8 Å². The Morgan fingerprint density at radius 2 is 1.88 bits per heavy atom. The monoisotopic (exact) mass is 439 g/mol. The number of aromatic nitrogens is 2. The van der Waals surface area contributed by atoms with E-state index in [1.807, 2.05) is 6.20 Å². The van der Waals surface area contributed by atoms with Crippen molar-refractivity contribution < 1.29 is 13.9 Å². The van der Waals surface area contributed by atoms with E-state index >= 15 is 0 Å². The molecule has 8 heteroatoms. The van der Waals surface area contributed by atoms with Gasteiger partial charge in [-0.2, -0.15) is 0 Å². The number of amides is 1. The number of carbonyl (C=O) groups is 1. The second-order valence-corrected chi connectivity index (χ2v) is 8.89. The summed E-state index contributed by atoms with van der Waals surface area (Å²) >= 11 is 0. The zero-order chi connectivity index (χ0) is 22.1. The van der Waals surface area contributed by atoms with E-state index in [1.54, 1.807) is 11.0 Å². The maximum absolute atomic E-state index is 14.1. The van der Waals surface area contributed by atoms with Crippen LogP contribution in [0.15, 0.2) is 24.4 Å². The molecule has 1 saturated carbocycles. The molecule has 1 saturated heterocycles. The molecule has 0 atom stereocenters. The van der Waals surface area contributed by atoms with Gasteiger partial charge in [-0.3, -0.25) is 9.69 Å². The highest BCUT2D eigenvalue weighted by atomic mass is 19.1. The Kier molecular flexibility index (Phi) is 5.95. The molecule has 1 aromatic carbocycles. The number of fused-ring (bicyclic) bond motifs is 1. The van der Waals surface area contributed by atoms with E-state index in [-0.39, 0.29) is 11.7 Å². The zero-order valence-corrected chi connectivity index (χ0v) is 18.6. The molecule has 2 aromatic rings. The number of ether oxygens (including phenoxy) is 1. The fourth-order valence-corrected chi connectivity index (χ4v) is 4.84. The average Bonchev–Trinajstić information content (AvgIpc) is 3.00. The van der Waals surface area contributed by atoms with Crippen molar-refractivity contribution in [1.29, 1.82) is 0 Å². The Morgan fingerprint density at radius 3 is 2.56 bits per heavy atom. The van der Waals surface area contributed by atoms with E-state index in [0.29, 0.717) is 31.5 Å². The molecule has 0 N–H and O–H groups in total. The SMILES string of the molecule is COc1ccc(C(=O)N2CCc3cnc(N4CCN(C5CCC5)CC4)nc3CC2)cc1F. The van der Waals surface area contributed by atoms with Crippen molar-refractivity contribution >= 4 is 11.9 Å². The Bertz CT molecular complexity index is 988. The Balaban J connectivity index is 1.23. The highest BCUT2D eigenvalue weighted by Crippen LogP contribution is 2.26. The fourth-order valence-electron chi connectivity index (χ4n) is 4.84. The topological polar surface area (TPSA) is 61.8 Å². The van der Waals surface area contributed by atoms with Crippen LogP contribution in [0, 0.1) is 5.82 Å². The molecule has 1 amide bonds. The van der Waals surface area contributed by atoms with E-state index in [1.165, 1.54) is 38.5 Å². The van der Waals surface area contributed by atoms with Gasteiger partial charge in [0.1, 0.15) is 0 Å². The predicted molar refractivity (Wildman–Crippen MR) is 120 cm³/mol. The van der Waals surface area contributed by atoms with Crippen molar-refractivity contribution in [2.75, 3.05) is 51.3 Å². The Labute approximate surface area is 188 Å². The first kappa shape index (κ1) is 21.1. The first-order chi connectivity index (χ1) is 15.6. The lowest BCUT2D eigenvalue weighted by atomic mass is 9.91. The highest BCUT2D eigenvalue weighted by molar-refractivity contribution is 5.94. The van der Waals surface area contributed by atoms with Gasteiger partial charge in [-0.15, -0.1) is 0 Å². The van der Waals surface area contributed by atoms with Crippen LogP contribution in [0.5, 0.6) is 5.75 Å². The number of piperazine rings is 1. The molecule has 0 bridgehead atoms. The number of hydrogen-bond acceptors (Lipinski definition) is 6. The summed E-state index contributed by atoms with van der Waals surface area (Å²) in [6, 6.07) is 5.15. The van der Waals surface area contributed by atoms with Gasteiger partial charge in [0.05, 0.1) is 12.8 Å². The lowest BCUT2D eigenvalue weighted by Gasteiger charge is -2.43. The van der Waals surface area contributed by atoms with Crippen LogP contribution in [-0.4, -0.2) is 78.1 Å². The quantitative estimate of drug-likeness (QED) is 0.730. The minimum Gasteiger partial charge on any atom is -0.494 e. The van der Waals surface area contributed by atoms with Gasteiger partial charge in [-0.1, -0.05) is 6.42 Å². The number of benzene rings is 1. The van der Waals surface area contributed by atoms with Crippen molar-refractivity contribution in [3.63, 3.8) is 0 Å². The molecule has 3 aliphatic rings. The van der Waals surface area contributed by atoms with Gasteiger partial charge in [-0.25, -0.2) is 14.4 Å². The van der Waals surface area contributed by atoms with Crippen LogP contribution in [0.1, 0.15) is 40.9 Å². The van der Waals surface area contributed by atoms with Crippen LogP contribution in [0.4, 0.5) is 10.3 Å². The molecular formula is C24H30FN5O2. The molecule has 2 aliphatic heterocycles. The fraction of sp³-hybridized carbons (Fsp3) is 0.542. The third-order valence-electron chi connectivity index (χ3n) is 7.09. The largest absolute Gasteiger partial charge is 0.494 e. The van der Waals surface area contributed by atoms with Crippen molar-refractivity contribution in [3.05, 3.63) is 47.0 Å². The van der Waals surface area contributed by atoms with Gasteiger partial charge in [0, 0.05) is 63.5 Å². The molecule has 1 aromatic heterocycles. The first-order valence-corrected chi connectivity index (χ1v) is 11.6. The maximum Gasteiger partial charge on any atom is 0.253 e. The van der Waals surface area contributed by atoms with E-state index in [0.717, 1.165) is 49.4 Å². The molecule has 0 radical (unpaired) electrons. The molecule has 32 heavy (non-hydrogen) atoms. The van der Waals surface area contributed by atoms with Gasteiger partial charge >= 0.3 is 0 Å². The van der Waals surface area contributed by atoms with Crippen molar-refractivity contribution in [2.24, 2.45) is 0 Å². The highest BCUT2D eigenvalue weighted by Gasteiger charge is 2.29. The second kappa shape index (κ2) is 9.02. The van der Waals surface area contributed by atoms with Crippen LogP contribution in [-0.2, 0) is 12.8 Å². The van der Waals surface area contributed by atoms with Crippen LogP contribution < -0.4 is 9.64 Å². The van der Waals surface area contributed by atoms with Crippen LogP contribution >= 0.6 is 0 Å². The van der Waals surface area contributed by atoms with Gasteiger partial charge in [0.15, 0.2) is 11.6 Å².